The Kier molecular flexibility index (Phi) is 5.32. The second-order valence-electron chi connectivity index (χ2n) is 8.59. The molecule has 2 heterocycles. The van der Waals surface area contributed by atoms with Gasteiger partial charge < -0.3 is 20.5 Å². The molecule has 0 fully saturated rings. The largest absolute Gasteiger partial charge is 0.503 e. The lowest BCUT2D eigenvalue weighted by Gasteiger charge is -2.36. The van der Waals surface area contributed by atoms with Crippen molar-refractivity contribution in [2.45, 2.75) is 52.6 Å². The van der Waals surface area contributed by atoms with Gasteiger partial charge in [0.15, 0.2) is 11.5 Å². The van der Waals surface area contributed by atoms with E-state index in [0.29, 0.717) is 21.6 Å². The third-order valence-corrected chi connectivity index (χ3v) is 8.45. The van der Waals surface area contributed by atoms with Crippen LogP contribution in [0, 0.1) is 11.3 Å². The summed E-state index contributed by atoms with van der Waals surface area (Å²) in [5, 5.41) is 17.6. The number of carbonyl (C=O) groups is 1. The van der Waals surface area contributed by atoms with Crippen molar-refractivity contribution in [3.8, 4) is 11.5 Å². The molecule has 3 N–H and O–H groups in total. The Labute approximate surface area is 184 Å². The summed E-state index contributed by atoms with van der Waals surface area (Å²) in [6.07, 6.45) is 3.94. The maximum atomic E-state index is 13.0. The van der Waals surface area contributed by atoms with Crippen molar-refractivity contribution in [3.63, 3.8) is 0 Å². The molecule has 29 heavy (non-hydrogen) atoms. The number of anilines is 1. The molecular weight excluding hydrogens is 452 g/mol. The van der Waals surface area contributed by atoms with Crippen LogP contribution in [0.2, 0.25) is 0 Å². The number of thiophene rings is 1. The molecule has 1 aliphatic carbocycles. The van der Waals surface area contributed by atoms with E-state index in [4.69, 9.17) is 4.74 Å². The first-order valence-electron chi connectivity index (χ1n) is 10.0. The van der Waals surface area contributed by atoms with Crippen LogP contribution in [-0.4, -0.2) is 18.1 Å². The first-order valence-corrected chi connectivity index (χ1v) is 11.6. The van der Waals surface area contributed by atoms with Crippen molar-refractivity contribution >= 4 is 38.2 Å². The zero-order valence-electron chi connectivity index (χ0n) is 17.2. The van der Waals surface area contributed by atoms with E-state index in [2.05, 4.69) is 47.3 Å². The topological polar surface area (TPSA) is 70.6 Å². The Bertz CT molecular complexity index is 969. The van der Waals surface area contributed by atoms with E-state index in [-0.39, 0.29) is 17.8 Å². The fourth-order valence-corrected chi connectivity index (χ4v) is 6.15. The lowest BCUT2D eigenvalue weighted by molar-refractivity contribution is 0.0934. The number of rotatable bonds is 4. The van der Waals surface area contributed by atoms with E-state index in [1.807, 2.05) is 0 Å². The number of phenolic OH excluding ortho intramolecular Hbond substituents is 1. The molecule has 0 saturated heterocycles. The van der Waals surface area contributed by atoms with E-state index < -0.39 is 0 Å². The van der Waals surface area contributed by atoms with E-state index in [1.54, 1.807) is 23.5 Å². The number of fused-ring (bicyclic) bond motifs is 3. The fourth-order valence-electron chi connectivity index (χ4n) is 4.34. The summed E-state index contributed by atoms with van der Waals surface area (Å²) in [7, 11) is 1.51. The van der Waals surface area contributed by atoms with Crippen molar-refractivity contribution in [1.82, 2.24) is 5.32 Å². The van der Waals surface area contributed by atoms with Crippen LogP contribution in [0.15, 0.2) is 16.6 Å². The average molecular weight is 479 g/mol. The lowest BCUT2D eigenvalue weighted by atomic mass is 9.69. The second-order valence-corrected chi connectivity index (χ2v) is 10.6. The number of methoxy groups -OCH3 is 1. The molecule has 4 rings (SSSR count). The summed E-state index contributed by atoms with van der Waals surface area (Å²) >= 11 is 5.08. The number of benzene rings is 1. The average Bonchev–Trinajstić information content (AvgIpc) is 3.07. The van der Waals surface area contributed by atoms with Gasteiger partial charge in [-0.25, -0.2) is 0 Å². The highest BCUT2D eigenvalue weighted by atomic mass is 79.9. The SMILES string of the molecule is CCC(C)(C)[C@@H]1CCc2c(sc3c2C(=O)N[C@@H](c2cc(Br)c(O)c(OC)c2)N3)C1. The van der Waals surface area contributed by atoms with Gasteiger partial charge >= 0.3 is 0 Å². The van der Waals surface area contributed by atoms with Crippen LogP contribution in [0.1, 0.15) is 66.1 Å². The molecule has 2 aromatic rings. The van der Waals surface area contributed by atoms with Crippen LogP contribution >= 0.6 is 27.3 Å². The molecule has 7 heteroatoms. The van der Waals surface area contributed by atoms with Gasteiger partial charge in [0.25, 0.3) is 5.91 Å². The molecule has 0 radical (unpaired) electrons. The van der Waals surface area contributed by atoms with Gasteiger partial charge in [0.2, 0.25) is 0 Å². The highest BCUT2D eigenvalue weighted by Crippen LogP contribution is 2.47. The molecule has 0 bridgehead atoms. The van der Waals surface area contributed by atoms with Gasteiger partial charge in [-0.3, -0.25) is 4.79 Å². The number of amides is 1. The van der Waals surface area contributed by atoms with E-state index in [9.17, 15) is 9.90 Å². The molecule has 1 aromatic carbocycles. The van der Waals surface area contributed by atoms with Crippen molar-refractivity contribution in [3.05, 3.63) is 38.2 Å². The molecule has 1 amide bonds. The van der Waals surface area contributed by atoms with Crippen LogP contribution in [0.5, 0.6) is 11.5 Å². The predicted octanol–water partition coefficient (Wildman–Crippen LogP) is 5.62. The Morgan fingerprint density at radius 3 is 2.79 bits per heavy atom. The number of hydrogen-bond donors (Lipinski definition) is 3. The van der Waals surface area contributed by atoms with Gasteiger partial charge in [-0.1, -0.05) is 27.2 Å². The minimum Gasteiger partial charge on any atom is -0.503 e. The number of carbonyl (C=O) groups excluding carboxylic acids is 1. The Morgan fingerprint density at radius 2 is 2.10 bits per heavy atom. The lowest BCUT2D eigenvalue weighted by Crippen LogP contribution is -2.38. The summed E-state index contributed by atoms with van der Waals surface area (Å²) in [5.74, 6) is 1.04. The molecule has 1 aromatic heterocycles. The molecule has 0 spiro atoms. The van der Waals surface area contributed by atoms with Crippen LogP contribution in [0.25, 0.3) is 0 Å². The van der Waals surface area contributed by atoms with Crippen molar-refractivity contribution < 1.29 is 14.6 Å². The zero-order valence-corrected chi connectivity index (χ0v) is 19.6. The number of ether oxygens (including phenoxy) is 1. The second kappa shape index (κ2) is 7.51. The molecule has 156 valence electrons. The van der Waals surface area contributed by atoms with Crippen molar-refractivity contribution in [1.29, 1.82) is 0 Å². The smallest absolute Gasteiger partial charge is 0.256 e. The first-order chi connectivity index (χ1) is 13.7. The fraction of sp³-hybridized carbons (Fsp3) is 0.500. The van der Waals surface area contributed by atoms with Crippen LogP contribution < -0.4 is 15.4 Å². The summed E-state index contributed by atoms with van der Waals surface area (Å²) in [6.45, 7) is 6.97. The first kappa shape index (κ1) is 20.5. The highest BCUT2D eigenvalue weighted by molar-refractivity contribution is 9.10. The Morgan fingerprint density at radius 1 is 1.34 bits per heavy atom. The normalized spacial score (nSPS) is 21.1. The number of hydrogen-bond acceptors (Lipinski definition) is 5. The standard InChI is InChI=1S/C22H27BrN2O3S/c1-5-22(2,3)12-6-7-13-16(10-12)29-21-17(13)20(27)24-19(25-21)11-8-14(23)18(26)15(9-11)28-4/h8-9,12,19,25-26H,5-7,10H2,1-4H3,(H,24,27)/t12-,19-/m1/s1. The molecule has 5 nitrogen and oxygen atoms in total. The summed E-state index contributed by atoms with van der Waals surface area (Å²) in [5.41, 5.74) is 3.18. The molecule has 2 aliphatic rings. The zero-order chi connectivity index (χ0) is 20.9. The van der Waals surface area contributed by atoms with Crippen LogP contribution in [-0.2, 0) is 12.8 Å². The quantitative estimate of drug-likeness (QED) is 0.533. The van der Waals surface area contributed by atoms with Crippen molar-refractivity contribution in [2.24, 2.45) is 11.3 Å². The van der Waals surface area contributed by atoms with Gasteiger partial charge in [-0.05, 0) is 69.8 Å². The monoisotopic (exact) mass is 478 g/mol. The van der Waals surface area contributed by atoms with Gasteiger partial charge in [-0.15, -0.1) is 11.3 Å². The number of aromatic hydroxyl groups is 1. The van der Waals surface area contributed by atoms with E-state index in [1.165, 1.54) is 17.6 Å². The molecular formula is C22H27BrN2O3S. The van der Waals surface area contributed by atoms with Gasteiger partial charge in [0, 0.05) is 4.88 Å². The molecule has 2 atom stereocenters. The van der Waals surface area contributed by atoms with Crippen LogP contribution in [0.4, 0.5) is 5.00 Å². The molecule has 0 saturated carbocycles. The number of phenols is 1. The van der Waals surface area contributed by atoms with Crippen LogP contribution in [0.3, 0.4) is 0 Å². The van der Waals surface area contributed by atoms with E-state index >= 15 is 0 Å². The maximum Gasteiger partial charge on any atom is 0.256 e. The highest BCUT2D eigenvalue weighted by Gasteiger charge is 2.37. The summed E-state index contributed by atoms with van der Waals surface area (Å²) < 4.78 is 5.79. The predicted molar refractivity (Wildman–Crippen MR) is 120 cm³/mol. The summed E-state index contributed by atoms with van der Waals surface area (Å²) in [4.78, 5) is 14.4. The minimum absolute atomic E-state index is 0.0300. The van der Waals surface area contributed by atoms with E-state index in [0.717, 1.165) is 41.8 Å². The Balaban J connectivity index is 1.65. The number of halogens is 1. The third-order valence-electron chi connectivity index (χ3n) is 6.66. The van der Waals surface area contributed by atoms with Crippen molar-refractivity contribution in [2.75, 3.05) is 12.4 Å². The molecule has 1 aliphatic heterocycles. The van der Waals surface area contributed by atoms with Gasteiger partial charge in [0.1, 0.15) is 11.2 Å². The van der Waals surface area contributed by atoms with Gasteiger partial charge in [-0.2, -0.15) is 0 Å². The minimum atomic E-state index is -0.371. The molecule has 0 unspecified atom stereocenters. The maximum absolute atomic E-state index is 13.0. The van der Waals surface area contributed by atoms with Gasteiger partial charge in [0.05, 0.1) is 17.1 Å². The number of nitrogens with one attached hydrogen (secondary N) is 2. The summed E-state index contributed by atoms with van der Waals surface area (Å²) in [6, 6.07) is 3.55. The third kappa shape index (κ3) is 3.52. The Hall–Kier alpha value is -1.73.